The van der Waals surface area contributed by atoms with Crippen molar-refractivity contribution in [1.29, 1.82) is 0 Å². The molecule has 4 aliphatic carbocycles. The van der Waals surface area contributed by atoms with E-state index < -0.39 is 5.60 Å². The molecule has 4 heteroatoms. The molecule has 4 nitrogen and oxygen atoms in total. The summed E-state index contributed by atoms with van der Waals surface area (Å²) in [6.07, 6.45) is 5.89. The van der Waals surface area contributed by atoms with Crippen molar-refractivity contribution in [1.82, 2.24) is 4.90 Å². The summed E-state index contributed by atoms with van der Waals surface area (Å²) in [6.45, 7) is 0.481. The van der Waals surface area contributed by atoms with Gasteiger partial charge in [-0.3, -0.25) is 14.5 Å². The molecular formula is C19H21NO3. The van der Waals surface area contributed by atoms with Crippen LogP contribution in [0.25, 0.3) is 0 Å². The van der Waals surface area contributed by atoms with Gasteiger partial charge < -0.3 is 5.11 Å². The first kappa shape index (κ1) is 13.7. The molecule has 1 aromatic rings. The largest absolute Gasteiger partial charge is 0.390 e. The molecule has 6 rings (SSSR count). The number of fused-ring (bicyclic) bond motifs is 1. The van der Waals surface area contributed by atoms with Crippen molar-refractivity contribution in [3.8, 4) is 0 Å². The summed E-state index contributed by atoms with van der Waals surface area (Å²) in [5, 5.41) is 10.9. The van der Waals surface area contributed by atoms with Crippen LogP contribution in [0.15, 0.2) is 24.3 Å². The van der Waals surface area contributed by atoms with Gasteiger partial charge in [0.25, 0.3) is 11.8 Å². The minimum absolute atomic E-state index is 0.0633. The maximum atomic E-state index is 12.7. The van der Waals surface area contributed by atoms with Crippen molar-refractivity contribution < 1.29 is 14.7 Å². The standard InChI is InChI=1S/C19H21NO3/c21-16-14-3-1-2-4-15(14)17(22)20(16)11-18-6-12-5-13(7-18)9-19(23,8-12)10-18/h1-4,12-13,23H,5-11H2/t12-,13+,18?,19?. The van der Waals surface area contributed by atoms with Crippen LogP contribution < -0.4 is 0 Å². The predicted molar refractivity (Wildman–Crippen MR) is 83.9 cm³/mol. The molecule has 120 valence electrons. The van der Waals surface area contributed by atoms with Gasteiger partial charge in [-0.15, -0.1) is 0 Å². The number of benzene rings is 1. The summed E-state index contributed by atoms with van der Waals surface area (Å²) >= 11 is 0. The Morgan fingerprint density at radius 1 is 1.00 bits per heavy atom. The number of nitrogens with zero attached hydrogens (tertiary/aromatic N) is 1. The number of rotatable bonds is 2. The van der Waals surface area contributed by atoms with Crippen LogP contribution >= 0.6 is 0 Å². The zero-order chi connectivity index (χ0) is 15.8. The van der Waals surface area contributed by atoms with Gasteiger partial charge >= 0.3 is 0 Å². The van der Waals surface area contributed by atoms with E-state index in [9.17, 15) is 14.7 Å². The average Bonchev–Trinajstić information content (AvgIpc) is 2.70. The van der Waals surface area contributed by atoms with E-state index in [1.54, 1.807) is 24.3 Å². The molecule has 0 aromatic heterocycles. The van der Waals surface area contributed by atoms with E-state index in [-0.39, 0.29) is 17.2 Å². The first-order valence-corrected chi connectivity index (χ1v) is 8.65. The monoisotopic (exact) mass is 311 g/mol. The zero-order valence-electron chi connectivity index (χ0n) is 13.1. The molecule has 23 heavy (non-hydrogen) atoms. The highest BCUT2D eigenvalue weighted by Crippen LogP contribution is 2.61. The second kappa shape index (κ2) is 4.23. The number of carbonyl (C=O) groups excluding carboxylic acids is 2. The van der Waals surface area contributed by atoms with Gasteiger partial charge in [-0.1, -0.05) is 12.1 Å². The van der Waals surface area contributed by atoms with E-state index in [2.05, 4.69) is 0 Å². The summed E-state index contributed by atoms with van der Waals surface area (Å²) in [4.78, 5) is 26.8. The number of aliphatic hydroxyl groups is 1. The van der Waals surface area contributed by atoms with E-state index in [0.29, 0.717) is 29.5 Å². The fourth-order valence-corrected chi connectivity index (χ4v) is 6.31. The summed E-state index contributed by atoms with van der Waals surface area (Å²) in [7, 11) is 0. The van der Waals surface area contributed by atoms with Crippen LogP contribution in [0.2, 0.25) is 0 Å². The van der Waals surface area contributed by atoms with Crippen LogP contribution in [-0.2, 0) is 0 Å². The highest BCUT2D eigenvalue weighted by molar-refractivity contribution is 6.21. The Kier molecular flexibility index (Phi) is 2.53. The Bertz CT molecular complexity index is 676. The Morgan fingerprint density at radius 2 is 1.57 bits per heavy atom. The lowest BCUT2D eigenvalue weighted by atomic mass is 9.48. The minimum atomic E-state index is -0.553. The molecule has 2 amide bonds. The lowest BCUT2D eigenvalue weighted by Crippen LogP contribution is -2.59. The molecule has 1 aliphatic heterocycles. The third-order valence-electron chi connectivity index (χ3n) is 6.52. The lowest BCUT2D eigenvalue weighted by Gasteiger charge is -2.60. The highest BCUT2D eigenvalue weighted by Gasteiger charge is 2.58. The van der Waals surface area contributed by atoms with Gasteiger partial charge in [0.1, 0.15) is 0 Å². The van der Waals surface area contributed by atoms with E-state index in [4.69, 9.17) is 0 Å². The van der Waals surface area contributed by atoms with Crippen LogP contribution in [0.5, 0.6) is 0 Å². The van der Waals surface area contributed by atoms with Gasteiger partial charge in [0.05, 0.1) is 16.7 Å². The third kappa shape index (κ3) is 1.87. The van der Waals surface area contributed by atoms with Gasteiger partial charge in [0.15, 0.2) is 0 Å². The molecule has 4 fully saturated rings. The van der Waals surface area contributed by atoms with Crippen molar-refractivity contribution >= 4 is 11.8 Å². The molecule has 0 saturated heterocycles. The summed E-state index contributed by atoms with van der Waals surface area (Å²) in [5.41, 5.74) is 0.441. The van der Waals surface area contributed by atoms with Gasteiger partial charge in [0.2, 0.25) is 0 Å². The van der Waals surface area contributed by atoms with Crippen LogP contribution in [-0.4, -0.2) is 34.0 Å². The smallest absolute Gasteiger partial charge is 0.261 e. The van der Waals surface area contributed by atoms with Crippen molar-refractivity contribution in [2.24, 2.45) is 17.3 Å². The Balaban J connectivity index is 1.47. The molecule has 1 heterocycles. The van der Waals surface area contributed by atoms with Crippen LogP contribution in [0.3, 0.4) is 0 Å². The summed E-state index contributed by atoms with van der Waals surface area (Å²) in [5.74, 6) is 0.814. The number of imide groups is 1. The maximum Gasteiger partial charge on any atom is 0.261 e. The molecule has 1 aromatic carbocycles. The third-order valence-corrected chi connectivity index (χ3v) is 6.52. The lowest BCUT2D eigenvalue weighted by molar-refractivity contribution is -0.165. The molecule has 4 saturated carbocycles. The predicted octanol–water partition coefficient (Wildman–Crippen LogP) is 2.61. The molecule has 1 N–H and O–H groups in total. The fourth-order valence-electron chi connectivity index (χ4n) is 6.31. The molecule has 0 radical (unpaired) electrons. The highest BCUT2D eigenvalue weighted by atomic mass is 16.3. The minimum Gasteiger partial charge on any atom is -0.390 e. The van der Waals surface area contributed by atoms with Gasteiger partial charge in [-0.25, -0.2) is 0 Å². The van der Waals surface area contributed by atoms with Crippen molar-refractivity contribution in [2.45, 2.75) is 44.1 Å². The second-order valence-electron chi connectivity index (χ2n) is 8.43. The first-order valence-electron chi connectivity index (χ1n) is 8.65. The van der Waals surface area contributed by atoms with Gasteiger partial charge in [0, 0.05) is 6.54 Å². The molecule has 4 atom stereocenters. The van der Waals surface area contributed by atoms with Crippen LogP contribution in [0.4, 0.5) is 0 Å². The second-order valence-corrected chi connectivity index (χ2v) is 8.43. The molecule has 5 aliphatic rings. The van der Waals surface area contributed by atoms with Gasteiger partial charge in [-0.05, 0) is 67.9 Å². The number of amides is 2. The Labute approximate surface area is 135 Å². The Hall–Kier alpha value is -1.68. The number of carbonyl (C=O) groups is 2. The van der Waals surface area contributed by atoms with Crippen LogP contribution in [0, 0.1) is 17.3 Å². The summed E-state index contributed by atoms with van der Waals surface area (Å²) < 4.78 is 0. The maximum absolute atomic E-state index is 12.7. The zero-order valence-corrected chi connectivity index (χ0v) is 13.1. The number of hydrogen-bond acceptors (Lipinski definition) is 3. The quantitative estimate of drug-likeness (QED) is 0.854. The van der Waals surface area contributed by atoms with Crippen molar-refractivity contribution in [3.63, 3.8) is 0 Å². The fraction of sp³-hybridized carbons (Fsp3) is 0.579. The number of hydrogen-bond donors (Lipinski definition) is 1. The van der Waals surface area contributed by atoms with Crippen molar-refractivity contribution in [2.75, 3.05) is 6.54 Å². The first-order chi connectivity index (χ1) is 11.0. The molecule has 2 unspecified atom stereocenters. The molecule has 0 spiro atoms. The van der Waals surface area contributed by atoms with Crippen LogP contribution in [0.1, 0.15) is 59.2 Å². The normalized spacial score (nSPS) is 40.8. The average molecular weight is 311 g/mol. The SMILES string of the molecule is O=C1c2ccccc2C(=O)N1CC12C[C@@H]3C[C@@H](CC(O)(C3)C1)C2. The van der Waals surface area contributed by atoms with E-state index in [1.165, 1.54) is 11.3 Å². The van der Waals surface area contributed by atoms with Crippen molar-refractivity contribution in [3.05, 3.63) is 35.4 Å². The van der Waals surface area contributed by atoms with Gasteiger partial charge in [-0.2, -0.15) is 0 Å². The molecular weight excluding hydrogens is 290 g/mol. The van der Waals surface area contributed by atoms with E-state index in [0.717, 1.165) is 32.1 Å². The Morgan fingerprint density at radius 3 is 2.09 bits per heavy atom. The van der Waals surface area contributed by atoms with E-state index in [1.807, 2.05) is 0 Å². The topological polar surface area (TPSA) is 57.6 Å². The summed E-state index contributed by atoms with van der Waals surface area (Å²) in [6, 6.07) is 7.09. The molecule has 4 bridgehead atoms. The van der Waals surface area contributed by atoms with E-state index >= 15 is 0 Å².